The molecule has 11 heavy (non-hydrogen) atoms. The van der Waals surface area contributed by atoms with E-state index in [1.165, 1.54) is 0 Å². The first-order chi connectivity index (χ1) is 5.00. The first-order valence-electron chi connectivity index (χ1n) is 3.33. The van der Waals surface area contributed by atoms with E-state index in [0.717, 1.165) is 6.41 Å². The fraction of sp³-hybridized carbons (Fsp3) is 0.833. The first kappa shape index (κ1) is 10.8. The third-order valence-electron chi connectivity index (χ3n) is 1.15. The zero-order valence-electron chi connectivity index (χ0n) is 7.77. The average Bonchev–Trinajstić information content (AvgIpc) is 1.85. The molecule has 0 saturated heterocycles. The van der Waals surface area contributed by atoms with Crippen LogP contribution in [0, 0.1) is 0 Å². The molecule has 5 heteroatoms. The summed E-state index contributed by atoms with van der Waals surface area (Å²) in [6, 6.07) is 0. The van der Waals surface area contributed by atoms with Gasteiger partial charge in [-0.3, -0.25) is 14.1 Å². The fourth-order valence-corrected chi connectivity index (χ4v) is 2.89. The van der Waals surface area contributed by atoms with Crippen LogP contribution >= 0.6 is 8.37 Å². The summed E-state index contributed by atoms with van der Waals surface area (Å²) in [5.41, 5.74) is 0. The van der Waals surface area contributed by atoms with Crippen molar-refractivity contribution >= 4 is 14.8 Å². The van der Waals surface area contributed by atoms with Crippen LogP contribution in [0.2, 0.25) is 0 Å². The van der Waals surface area contributed by atoms with Gasteiger partial charge in [0.25, 0.3) is 0 Å². The molecule has 0 saturated carbocycles. The van der Waals surface area contributed by atoms with Crippen molar-refractivity contribution in [2.45, 2.75) is 0 Å². The molecule has 0 fully saturated rings. The second-order valence-electron chi connectivity index (χ2n) is 2.64. The van der Waals surface area contributed by atoms with Gasteiger partial charge in [0, 0.05) is 7.05 Å². The maximum atomic E-state index is 10.4. The minimum absolute atomic E-state index is 0.608. The molecule has 0 unspecified atom stereocenters. The van der Waals surface area contributed by atoms with Gasteiger partial charge in [-0.25, -0.2) is 0 Å². The molecule has 0 rings (SSSR count). The normalized spacial score (nSPS) is 11.3. The Morgan fingerprint density at radius 1 is 1.00 bits per heavy atom. The highest BCUT2D eigenvalue weighted by molar-refractivity contribution is 7.50. The lowest BCUT2D eigenvalue weighted by atomic mass is 11.2. The van der Waals surface area contributed by atoms with Crippen LogP contribution in [-0.4, -0.2) is 55.7 Å². The number of hydrogen-bond donors (Lipinski definition) is 0. The lowest BCUT2D eigenvalue weighted by Crippen LogP contribution is -2.27. The Bertz CT molecular complexity index is 121. The second-order valence-corrected chi connectivity index (χ2v) is 5.41. The summed E-state index contributed by atoms with van der Waals surface area (Å²) in [5, 5.41) is 0. The molecule has 0 aliphatic heterocycles. The molecular formula is C6H16N3OP. The Morgan fingerprint density at radius 2 is 1.36 bits per heavy atom. The van der Waals surface area contributed by atoms with E-state index in [1.54, 1.807) is 11.7 Å². The van der Waals surface area contributed by atoms with E-state index in [0.29, 0.717) is 0 Å². The van der Waals surface area contributed by atoms with E-state index in [9.17, 15) is 4.79 Å². The highest BCUT2D eigenvalue weighted by Crippen LogP contribution is 2.41. The molecule has 0 heterocycles. The van der Waals surface area contributed by atoms with Crippen molar-refractivity contribution in [1.29, 1.82) is 0 Å². The summed E-state index contributed by atoms with van der Waals surface area (Å²) >= 11 is 0. The van der Waals surface area contributed by atoms with Crippen LogP contribution < -0.4 is 0 Å². The molecule has 0 aromatic carbocycles. The summed E-state index contributed by atoms with van der Waals surface area (Å²) in [5.74, 6) is 0. The molecule has 1 amide bonds. The molecular weight excluding hydrogens is 161 g/mol. The Labute approximate surface area is 69.7 Å². The molecule has 0 radical (unpaired) electrons. The smallest absolute Gasteiger partial charge is 0.214 e. The molecule has 0 bridgehead atoms. The molecule has 0 aliphatic carbocycles. The first-order valence-corrected chi connectivity index (χ1v) is 4.53. The maximum absolute atomic E-state index is 10.4. The van der Waals surface area contributed by atoms with Gasteiger partial charge in [0.1, 0.15) is 8.37 Å². The number of nitrogens with zero attached hydrogens (tertiary/aromatic N) is 3. The number of carbonyl (C=O) groups excluding carboxylic acids is 1. The lowest BCUT2D eigenvalue weighted by Gasteiger charge is -2.34. The van der Waals surface area contributed by atoms with Crippen LogP contribution in [0.4, 0.5) is 0 Å². The van der Waals surface area contributed by atoms with E-state index >= 15 is 0 Å². The standard InChI is InChI=1S/C6H16N3OP/c1-7(2)11(8(3)4)9(5)6-10/h6H,1-5H3. The highest BCUT2D eigenvalue weighted by Gasteiger charge is 2.18. The Kier molecular flexibility index (Phi) is 4.57. The van der Waals surface area contributed by atoms with Gasteiger partial charge < -0.3 is 4.67 Å². The Balaban J connectivity index is 4.20. The van der Waals surface area contributed by atoms with E-state index in [-0.39, 0.29) is 0 Å². The van der Waals surface area contributed by atoms with Gasteiger partial charge in [-0.05, 0) is 28.2 Å². The van der Waals surface area contributed by atoms with Gasteiger partial charge >= 0.3 is 0 Å². The van der Waals surface area contributed by atoms with Crippen molar-refractivity contribution in [3.8, 4) is 0 Å². The van der Waals surface area contributed by atoms with Crippen molar-refractivity contribution in [1.82, 2.24) is 14.0 Å². The SMILES string of the molecule is CN(C)P(N(C)C)N(C)C=O. The third-order valence-corrected chi connectivity index (χ3v) is 3.24. The monoisotopic (exact) mass is 177 g/mol. The van der Waals surface area contributed by atoms with Gasteiger partial charge in [-0.15, -0.1) is 0 Å². The van der Waals surface area contributed by atoms with Crippen LogP contribution in [0.25, 0.3) is 0 Å². The second kappa shape index (κ2) is 4.65. The van der Waals surface area contributed by atoms with Crippen molar-refractivity contribution in [3.05, 3.63) is 0 Å². The number of hydrogen-bond acceptors (Lipinski definition) is 3. The third kappa shape index (κ3) is 3.14. The molecule has 0 aliphatic rings. The Morgan fingerprint density at radius 3 is 1.45 bits per heavy atom. The quantitative estimate of drug-likeness (QED) is 0.460. The largest absolute Gasteiger partial charge is 0.302 e. The van der Waals surface area contributed by atoms with E-state index in [4.69, 9.17) is 0 Å². The van der Waals surface area contributed by atoms with E-state index in [2.05, 4.69) is 0 Å². The van der Waals surface area contributed by atoms with Crippen LogP contribution in [0.15, 0.2) is 0 Å². The maximum Gasteiger partial charge on any atom is 0.214 e. The van der Waals surface area contributed by atoms with Crippen molar-refractivity contribution in [3.63, 3.8) is 0 Å². The molecule has 4 nitrogen and oxygen atoms in total. The predicted molar refractivity (Wildman–Crippen MR) is 48.1 cm³/mol. The van der Waals surface area contributed by atoms with Crippen molar-refractivity contribution in [2.24, 2.45) is 0 Å². The summed E-state index contributed by atoms with van der Waals surface area (Å²) in [4.78, 5) is 10.4. The molecule has 0 aromatic rings. The van der Waals surface area contributed by atoms with Gasteiger partial charge in [0.05, 0.1) is 0 Å². The number of amides is 1. The van der Waals surface area contributed by atoms with Crippen LogP contribution in [0.1, 0.15) is 0 Å². The molecule has 0 spiro atoms. The number of carbonyl (C=O) groups is 1. The highest BCUT2D eigenvalue weighted by atomic mass is 31.2. The van der Waals surface area contributed by atoms with Gasteiger partial charge in [-0.1, -0.05) is 0 Å². The van der Waals surface area contributed by atoms with Gasteiger partial charge in [-0.2, -0.15) is 0 Å². The zero-order chi connectivity index (χ0) is 9.02. The number of rotatable bonds is 4. The van der Waals surface area contributed by atoms with Crippen LogP contribution in [-0.2, 0) is 4.79 Å². The van der Waals surface area contributed by atoms with Crippen molar-refractivity contribution in [2.75, 3.05) is 35.2 Å². The summed E-state index contributed by atoms with van der Waals surface area (Å²) in [7, 11) is 9.04. The lowest BCUT2D eigenvalue weighted by molar-refractivity contribution is -0.113. The van der Waals surface area contributed by atoms with Crippen LogP contribution in [0.5, 0.6) is 0 Å². The van der Waals surface area contributed by atoms with Gasteiger partial charge in [0.2, 0.25) is 6.41 Å². The fourth-order valence-electron chi connectivity index (χ4n) is 0.964. The van der Waals surface area contributed by atoms with Crippen LogP contribution in [0.3, 0.4) is 0 Å². The van der Waals surface area contributed by atoms with E-state index in [1.807, 2.05) is 37.5 Å². The zero-order valence-corrected chi connectivity index (χ0v) is 8.67. The molecule has 0 N–H and O–H groups in total. The molecule has 0 aromatic heterocycles. The summed E-state index contributed by atoms with van der Waals surface area (Å²) in [6.45, 7) is 0. The molecule has 0 atom stereocenters. The van der Waals surface area contributed by atoms with Gasteiger partial charge in [0.15, 0.2) is 0 Å². The minimum Gasteiger partial charge on any atom is -0.302 e. The van der Waals surface area contributed by atoms with E-state index < -0.39 is 8.37 Å². The topological polar surface area (TPSA) is 26.8 Å². The average molecular weight is 177 g/mol. The minimum atomic E-state index is -0.608. The Hall–Kier alpha value is -0.180. The predicted octanol–water partition coefficient (Wildman–Crippen LogP) is 0.425. The summed E-state index contributed by atoms with van der Waals surface area (Å²) < 4.78 is 5.74. The van der Waals surface area contributed by atoms with Crippen molar-refractivity contribution < 1.29 is 4.79 Å². The molecule has 66 valence electrons. The summed E-state index contributed by atoms with van der Waals surface area (Å²) in [6.07, 6.45) is 0.853.